The second-order valence-corrected chi connectivity index (χ2v) is 10.3. The Hall–Kier alpha value is -1.06. The molecule has 1 aliphatic carbocycles. The molecule has 0 bridgehead atoms. The van der Waals surface area contributed by atoms with E-state index in [1.165, 1.54) is 25.7 Å². The third-order valence-electron chi connectivity index (χ3n) is 6.08. The summed E-state index contributed by atoms with van der Waals surface area (Å²) in [6, 6.07) is 0.450. The number of rotatable bonds is 2. The Bertz CT molecular complexity index is 501. The van der Waals surface area contributed by atoms with Crippen molar-refractivity contribution in [1.29, 1.82) is 0 Å². The van der Waals surface area contributed by atoms with E-state index in [0.29, 0.717) is 13.2 Å². The van der Waals surface area contributed by atoms with Gasteiger partial charge in [0, 0.05) is 0 Å². The first-order valence-corrected chi connectivity index (χ1v) is 10.1. The lowest BCUT2D eigenvalue weighted by molar-refractivity contribution is 0.202. The Morgan fingerprint density at radius 2 is 1.12 bits per heavy atom. The van der Waals surface area contributed by atoms with Crippen molar-refractivity contribution >= 4 is 11.8 Å². The standard InChI is InChI=1S/C21H36N2O2/c1-19(2,3)15-13-24-17(22-15)21(11-9-7-8-10-12-21)18-23-16(14-25-18)20(4,5)6/h15-16H,7-14H2,1-6H3. The molecule has 4 nitrogen and oxygen atoms in total. The van der Waals surface area contributed by atoms with Crippen molar-refractivity contribution in [3.8, 4) is 0 Å². The van der Waals surface area contributed by atoms with Gasteiger partial charge in [0.25, 0.3) is 0 Å². The van der Waals surface area contributed by atoms with Gasteiger partial charge < -0.3 is 9.47 Å². The number of aliphatic imine (C=N–C) groups is 2. The van der Waals surface area contributed by atoms with Gasteiger partial charge in [0.2, 0.25) is 0 Å². The van der Waals surface area contributed by atoms with Crippen LogP contribution in [0.15, 0.2) is 9.98 Å². The Balaban J connectivity index is 1.95. The fourth-order valence-corrected chi connectivity index (χ4v) is 4.01. The van der Waals surface area contributed by atoms with Gasteiger partial charge in [0.1, 0.15) is 18.6 Å². The summed E-state index contributed by atoms with van der Waals surface area (Å²) in [6.45, 7) is 14.8. The van der Waals surface area contributed by atoms with Crippen LogP contribution in [0.2, 0.25) is 0 Å². The Morgan fingerprint density at radius 1 is 0.720 bits per heavy atom. The molecule has 0 aromatic rings. The molecule has 2 heterocycles. The molecule has 0 aromatic carbocycles. The Morgan fingerprint density at radius 3 is 1.44 bits per heavy atom. The van der Waals surface area contributed by atoms with Gasteiger partial charge in [0.15, 0.2) is 11.8 Å². The average Bonchev–Trinajstić information content (AvgIpc) is 3.13. The average molecular weight is 349 g/mol. The molecule has 2 atom stereocenters. The summed E-state index contributed by atoms with van der Waals surface area (Å²) in [5.74, 6) is 1.81. The predicted molar refractivity (Wildman–Crippen MR) is 103 cm³/mol. The van der Waals surface area contributed by atoms with Gasteiger partial charge in [0.05, 0.1) is 12.1 Å². The van der Waals surface area contributed by atoms with Crippen molar-refractivity contribution in [2.24, 2.45) is 26.2 Å². The number of nitrogens with zero attached hydrogens (tertiary/aromatic N) is 2. The van der Waals surface area contributed by atoms with E-state index in [1.807, 2.05) is 0 Å². The van der Waals surface area contributed by atoms with Gasteiger partial charge in [-0.1, -0.05) is 67.2 Å². The lowest BCUT2D eigenvalue weighted by Gasteiger charge is -2.30. The summed E-state index contributed by atoms with van der Waals surface area (Å²) in [5, 5.41) is 0. The molecular formula is C21H36N2O2. The second kappa shape index (κ2) is 6.59. The molecule has 3 rings (SSSR count). The topological polar surface area (TPSA) is 43.2 Å². The third-order valence-corrected chi connectivity index (χ3v) is 6.08. The molecule has 0 spiro atoms. The van der Waals surface area contributed by atoms with Crippen LogP contribution < -0.4 is 0 Å². The van der Waals surface area contributed by atoms with E-state index in [0.717, 1.165) is 24.6 Å². The minimum absolute atomic E-state index is 0.125. The lowest BCUT2D eigenvalue weighted by atomic mass is 9.79. The van der Waals surface area contributed by atoms with Crippen LogP contribution in [0.25, 0.3) is 0 Å². The maximum Gasteiger partial charge on any atom is 0.199 e. The fraction of sp³-hybridized carbons (Fsp3) is 0.905. The summed E-state index contributed by atoms with van der Waals surface area (Å²) >= 11 is 0. The van der Waals surface area contributed by atoms with Crippen LogP contribution >= 0.6 is 0 Å². The highest BCUT2D eigenvalue weighted by Gasteiger charge is 2.50. The largest absolute Gasteiger partial charge is 0.478 e. The SMILES string of the molecule is CC(C)(C)C1COC(C2(C3=NC(C(C)(C)C)CO3)CCCCCC2)=N1. The van der Waals surface area contributed by atoms with Crippen LogP contribution in [0.4, 0.5) is 0 Å². The zero-order valence-corrected chi connectivity index (χ0v) is 17.0. The molecular weight excluding hydrogens is 312 g/mol. The Labute approximate surface area is 153 Å². The molecule has 0 N–H and O–H groups in total. The summed E-state index contributed by atoms with van der Waals surface area (Å²) < 4.78 is 12.4. The van der Waals surface area contributed by atoms with E-state index in [9.17, 15) is 0 Å². The predicted octanol–water partition coefficient (Wildman–Crippen LogP) is 5.01. The smallest absolute Gasteiger partial charge is 0.199 e. The minimum Gasteiger partial charge on any atom is -0.478 e. The Kier molecular flexibility index (Phi) is 4.93. The fourth-order valence-electron chi connectivity index (χ4n) is 4.01. The highest BCUT2D eigenvalue weighted by atomic mass is 16.5. The summed E-state index contributed by atoms with van der Waals surface area (Å²) in [7, 11) is 0. The van der Waals surface area contributed by atoms with E-state index in [4.69, 9.17) is 19.5 Å². The first-order chi connectivity index (χ1) is 11.6. The van der Waals surface area contributed by atoms with Crippen molar-refractivity contribution in [3.05, 3.63) is 0 Å². The molecule has 0 aromatic heterocycles. The molecule has 3 aliphatic rings. The maximum absolute atomic E-state index is 6.21. The highest BCUT2D eigenvalue weighted by Crippen LogP contribution is 2.44. The molecule has 1 fully saturated rings. The monoisotopic (exact) mass is 348 g/mol. The van der Waals surface area contributed by atoms with E-state index >= 15 is 0 Å². The van der Waals surface area contributed by atoms with E-state index in [1.54, 1.807) is 0 Å². The molecule has 0 radical (unpaired) electrons. The van der Waals surface area contributed by atoms with Crippen LogP contribution in [-0.4, -0.2) is 37.1 Å². The van der Waals surface area contributed by atoms with E-state index in [2.05, 4.69) is 41.5 Å². The van der Waals surface area contributed by atoms with Crippen molar-refractivity contribution in [1.82, 2.24) is 0 Å². The number of hydrogen-bond acceptors (Lipinski definition) is 4. The normalized spacial score (nSPS) is 30.2. The van der Waals surface area contributed by atoms with Gasteiger partial charge in [-0.15, -0.1) is 0 Å². The van der Waals surface area contributed by atoms with Gasteiger partial charge in [-0.25, -0.2) is 9.98 Å². The van der Waals surface area contributed by atoms with E-state index in [-0.39, 0.29) is 28.3 Å². The molecule has 25 heavy (non-hydrogen) atoms. The lowest BCUT2D eigenvalue weighted by Crippen LogP contribution is -2.39. The van der Waals surface area contributed by atoms with E-state index < -0.39 is 0 Å². The van der Waals surface area contributed by atoms with Gasteiger partial charge in [-0.3, -0.25) is 0 Å². The third kappa shape index (κ3) is 3.73. The first-order valence-electron chi connectivity index (χ1n) is 10.1. The molecule has 0 saturated heterocycles. The van der Waals surface area contributed by atoms with Crippen molar-refractivity contribution in [3.63, 3.8) is 0 Å². The zero-order chi connectivity index (χ0) is 18.3. The molecule has 2 aliphatic heterocycles. The van der Waals surface area contributed by atoms with Crippen molar-refractivity contribution < 1.29 is 9.47 Å². The molecule has 2 unspecified atom stereocenters. The van der Waals surface area contributed by atoms with Crippen LogP contribution in [0.5, 0.6) is 0 Å². The van der Waals surface area contributed by atoms with Crippen molar-refractivity contribution in [2.75, 3.05) is 13.2 Å². The summed E-state index contributed by atoms with van der Waals surface area (Å²) in [4.78, 5) is 10.1. The van der Waals surface area contributed by atoms with Gasteiger partial charge >= 0.3 is 0 Å². The molecule has 142 valence electrons. The number of hydrogen-bond donors (Lipinski definition) is 0. The van der Waals surface area contributed by atoms with Crippen molar-refractivity contribution in [2.45, 2.75) is 92.2 Å². The summed E-state index contributed by atoms with van der Waals surface area (Å²) in [5.41, 5.74) is 0.0242. The quantitative estimate of drug-likeness (QED) is 0.658. The highest BCUT2D eigenvalue weighted by molar-refractivity contribution is 6.06. The summed E-state index contributed by atoms with van der Waals surface area (Å²) in [6.07, 6.45) is 7.08. The van der Waals surface area contributed by atoms with Gasteiger partial charge in [-0.2, -0.15) is 0 Å². The van der Waals surface area contributed by atoms with Crippen LogP contribution in [0.1, 0.15) is 80.1 Å². The van der Waals surface area contributed by atoms with Crippen LogP contribution in [0, 0.1) is 16.2 Å². The first kappa shape index (κ1) is 18.7. The molecule has 1 saturated carbocycles. The molecule has 0 amide bonds. The van der Waals surface area contributed by atoms with Crippen LogP contribution in [0.3, 0.4) is 0 Å². The molecule has 4 heteroatoms. The maximum atomic E-state index is 6.21. The minimum atomic E-state index is -0.226. The number of ether oxygens (including phenoxy) is 2. The second-order valence-electron chi connectivity index (χ2n) is 10.3. The zero-order valence-electron chi connectivity index (χ0n) is 17.0. The van der Waals surface area contributed by atoms with Gasteiger partial charge in [-0.05, 0) is 23.7 Å². The van der Waals surface area contributed by atoms with Crippen LogP contribution in [-0.2, 0) is 9.47 Å².